The van der Waals surface area contributed by atoms with Crippen LogP contribution in [0.5, 0.6) is 0 Å². The first kappa shape index (κ1) is 16.9. The molecule has 0 aromatic carbocycles. The summed E-state index contributed by atoms with van der Waals surface area (Å²) in [4.78, 5) is 37.0. The minimum atomic E-state index is -0.155. The molecule has 0 radical (unpaired) electrons. The molecule has 1 saturated heterocycles. The average Bonchev–Trinajstić information content (AvgIpc) is 2.93. The van der Waals surface area contributed by atoms with Crippen LogP contribution >= 0.6 is 0 Å². The summed E-state index contributed by atoms with van der Waals surface area (Å²) in [5, 5.41) is 2.65. The lowest BCUT2D eigenvalue weighted by atomic mass is 10.2. The molecule has 0 unspecified atom stereocenters. The lowest BCUT2D eigenvalue weighted by molar-refractivity contribution is 0.0766. The van der Waals surface area contributed by atoms with Gasteiger partial charge >= 0.3 is 0 Å². The van der Waals surface area contributed by atoms with Gasteiger partial charge in [-0.2, -0.15) is 0 Å². The zero-order valence-corrected chi connectivity index (χ0v) is 14.2. The summed E-state index contributed by atoms with van der Waals surface area (Å²) in [7, 11) is 1.61. The number of nitrogens with zero attached hydrogens (tertiary/aromatic N) is 4. The maximum atomic E-state index is 12.6. The maximum Gasteiger partial charge on any atom is 0.254 e. The molecule has 1 aliphatic heterocycles. The summed E-state index contributed by atoms with van der Waals surface area (Å²) in [5.41, 5.74) is 1.20. The Bertz CT molecular complexity index is 750. The van der Waals surface area contributed by atoms with E-state index in [9.17, 15) is 9.59 Å². The fourth-order valence-corrected chi connectivity index (χ4v) is 2.97. The molecule has 0 saturated carbocycles. The van der Waals surface area contributed by atoms with E-state index in [0.29, 0.717) is 36.6 Å². The second-order valence-electron chi connectivity index (χ2n) is 5.82. The van der Waals surface area contributed by atoms with E-state index >= 15 is 0 Å². The van der Waals surface area contributed by atoms with Gasteiger partial charge < -0.3 is 15.1 Å². The molecule has 7 heteroatoms. The Balaban J connectivity index is 1.74. The van der Waals surface area contributed by atoms with Gasteiger partial charge in [0.2, 0.25) is 0 Å². The molecular formula is C18H21N5O2. The van der Waals surface area contributed by atoms with Gasteiger partial charge in [0.05, 0.1) is 5.56 Å². The largest absolute Gasteiger partial charge is 0.355 e. The van der Waals surface area contributed by atoms with Gasteiger partial charge in [0, 0.05) is 57.4 Å². The zero-order chi connectivity index (χ0) is 17.6. The van der Waals surface area contributed by atoms with E-state index in [2.05, 4.69) is 20.2 Å². The molecule has 1 N–H and O–H groups in total. The van der Waals surface area contributed by atoms with Gasteiger partial charge in [-0.1, -0.05) is 0 Å². The van der Waals surface area contributed by atoms with Gasteiger partial charge in [-0.05, 0) is 30.7 Å². The predicted molar refractivity (Wildman–Crippen MR) is 94.6 cm³/mol. The van der Waals surface area contributed by atoms with E-state index in [-0.39, 0.29) is 11.8 Å². The van der Waals surface area contributed by atoms with E-state index in [1.54, 1.807) is 49.9 Å². The number of nitrogens with one attached hydrogen (secondary N) is 1. The van der Waals surface area contributed by atoms with Crippen molar-refractivity contribution in [3.63, 3.8) is 0 Å². The molecule has 130 valence electrons. The van der Waals surface area contributed by atoms with Crippen molar-refractivity contribution in [1.82, 2.24) is 20.2 Å². The van der Waals surface area contributed by atoms with Crippen LogP contribution in [0.2, 0.25) is 0 Å². The number of anilines is 1. The Labute approximate surface area is 146 Å². The van der Waals surface area contributed by atoms with Crippen molar-refractivity contribution in [3.05, 3.63) is 54.0 Å². The first-order valence-corrected chi connectivity index (χ1v) is 8.32. The molecule has 0 bridgehead atoms. The summed E-state index contributed by atoms with van der Waals surface area (Å²) in [5.74, 6) is 0.522. The van der Waals surface area contributed by atoms with Crippen molar-refractivity contribution in [2.45, 2.75) is 6.42 Å². The summed E-state index contributed by atoms with van der Waals surface area (Å²) in [6.45, 7) is 2.66. The zero-order valence-electron chi connectivity index (χ0n) is 14.2. The first-order valence-electron chi connectivity index (χ1n) is 8.32. The number of hydrogen-bond donors (Lipinski definition) is 1. The Kier molecular flexibility index (Phi) is 5.23. The highest BCUT2D eigenvalue weighted by molar-refractivity contribution is 5.98. The van der Waals surface area contributed by atoms with Crippen molar-refractivity contribution in [3.8, 4) is 0 Å². The van der Waals surface area contributed by atoms with Gasteiger partial charge in [0.1, 0.15) is 5.82 Å². The highest BCUT2D eigenvalue weighted by Gasteiger charge is 2.23. The predicted octanol–water partition coefficient (Wildman–Crippen LogP) is 1.19. The van der Waals surface area contributed by atoms with Crippen molar-refractivity contribution in [1.29, 1.82) is 0 Å². The van der Waals surface area contributed by atoms with E-state index in [1.165, 1.54) is 0 Å². The lowest BCUT2D eigenvalue weighted by Crippen LogP contribution is -2.36. The second-order valence-corrected chi connectivity index (χ2v) is 5.82. The topological polar surface area (TPSA) is 78.4 Å². The Hall–Kier alpha value is -2.96. The van der Waals surface area contributed by atoms with Crippen LogP contribution in [0.25, 0.3) is 0 Å². The van der Waals surface area contributed by atoms with Crippen molar-refractivity contribution in [2.24, 2.45) is 0 Å². The molecule has 2 aromatic rings. The molecule has 25 heavy (non-hydrogen) atoms. The number of hydrogen-bond acceptors (Lipinski definition) is 5. The number of carbonyl (C=O) groups excluding carboxylic acids is 2. The Morgan fingerprint density at radius 1 is 1.04 bits per heavy atom. The van der Waals surface area contributed by atoms with Crippen LogP contribution in [-0.4, -0.2) is 59.9 Å². The Morgan fingerprint density at radius 2 is 1.84 bits per heavy atom. The van der Waals surface area contributed by atoms with Gasteiger partial charge in [-0.3, -0.25) is 14.6 Å². The third kappa shape index (κ3) is 3.76. The Morgan fingerprint density at radius 3 is 2.60 bits per heavy atom. The third-order valence-corrected chi connectivity index (χ3v) is 4.27. The average molecular weight is 339 g/mol. The van der Waals surface area contributed by atoms with Gasteiger partial charge in [-0.15, -0.1) is 0 Å². The summed E-state index contributed by atoms with van der Waals surface area (Å²) in [6, 6.07) is 6.98. The molecule has 0 spiro atoms. The maximum absolute atomic E-state index is 12.6. The third-order valence-electron chi connectivity index (χ3n) is 4.27. The summed E-state index contributed by atoms with van der Waals surface area (Å²) >= 11 is 0. The van der Waals surface area contributed by atoms with E-state index in [4.69, 9.17) is 0 Å². The fraction of sp³-hybridized carbons (Fsp3) is 0.333. The highest BCUT2D eigenvalue weighted by Crippen LogP contribution is 2.19. The van der Waals surface area contributed by atoms with Crippen LogP contribution < -0.4 is 10.2 Å². The standard InChI is InChI=1S/C18H21N5O2/c1-19-17(24)15-4-2-7-21-16(15)22-10-3-11-23(13-12-22)18(25)14-5-8-20-9-6-14/h2,4-9H,3,10-13H2,1H3,(H,19,24). The van der Waals surface area contributed by atoms with Gasteiger partial charge in [0.25, 0.3) is 11.8 Å². The molecular weight excluding hydrogens is 318 g/mol. The first-order chi connectivity index (χ1) is 12.2. The second kappa shape index (κ2) is 7.74. The smallest absolute Gasteiger partial charge is 0.254 e. The van der Waals surface area contributed by atoms with Gasteiger partial charge in [0.15, 0.2) is 0 Å². The molecule has 0 atom stereocenters. The van der Waals surface area contributed by atoms with Crippen LogP contribution in [0.3, 0.4) is 0 Å². The van der Waals surface area contributed by atoms with Crippen molar-refractivity contribution in [2.75, 3.05) is 38.1 Å². The number of aromatic nitrogens is 2. The molecule has 0 aliphatic carbocycles. The van der Waals surface area contributed by atoms with Crippen molar-refractivity contribution < 1.29 is 9.59 Å². The fourth-order valence-electron chi connectivity index (χ4n) is 2.97. The summed E-state index contributed by atoms with van der Waals surface area (Å²) in [6.07, 6.45) is 5.76. The number of amides is 2. The monoisotopic (exact) mass is 339 g/mol. The van der Waals surface area contributed by atoms with E-state index < -0.39 is 0 Å². The van der Waals surface area contributed by atoms with Gasteiger partial charge in [-0.25, -0.2) is 4.98 Å². The normalized spacial score (nSPS) is 14.8. The van der Waals surface area contributed by atoms with E-state index in [0.717, 1.165) is 13.0 Å². The van der Waals surface area contributed by atoms with Crippen LogP contribution in [0.1, 0.15) is 27.1 Å². The van der Waals surface area contributed by atoms with E-state index in [1.807, 2.05) is 4.90 Å². The minimum absolute atomic E-state index is 0.0109. The van der Waals surface area contributed by atoms with Crippen LogP contribution in [0, 0.1) is 0 Å². The SMILES string of the molecule is CNC(=O)c1cccnc1N1CCCN(C(=O)c2ccncc2)CC1. The quantitative estimate of drug-likeness (QED) is 0.909. The molecule has 3 heterocycles. The number of rotatable bonds is 3. The van der Waals surface area contributed by atoms with Crippen molar-refractivity contribution >= 4 is 17.6 Å². The van der Waals surface area contributed by atoms with Crippen LogP contribution in [0.4, 0.5) is 5.82 Å². The number of carbonyl (C=O) groups is 2. The lowest BCUT2D eigenvalue weighted by Gasteiger charge is -2.24. The number of pyridine rings is 2. The van der Waals surface area contributed by atoms with Crippen LogP contribution in [0.15, 0.2) is 42.9 Å². The molecule has 2 aromatic heterocycles. The molecule has 2 amide bonds. The highest BCUT2D eigenvalue weighted by atomic mass is 16.2. The molecule has 7 nitrogen and oxygen atoms in total. The molecule has 1 aliphatic rings. The minimum Gasteiger partial charge on any atom is -0.355 e. The molecule has 1 fully saturated rings. The van der Waals surface area contributed by atoms with Crippen LogP contribution in [-0.2, 0) is 0 Å². The summed E-state index contributed by atoms with van der Waals surface area (Å²) < 4.78 is 0. The molecule has 3 rings (SSSR count).